The summed E-state index contributed by atoms with van der Waals surface area (Å²) in [5.74, 6) is 1.48. The lowest BCUT2D eigenvalue weighted by molar-refractivity contribution is 0.0534. The second-order valence-corrected chi connectivity index (χ2v) is 9.94. The van der Waals surface area contributed by atoms with E-state index < -0.39 is 6.10 Å². The fraction of sp³-hybridized carbons (Fsp3) is 0.448. The topological polar surface area (TPSA) is 56.1 Å². The summed E-state index contributed by atoms with van der Waals surface area (Å²) in [6.45, 7) is 10.3. The van der Waals surface area contributed by atoms with Crippen LogP contribution in [0.5, 0.6) is 11.5 Å². The van der Waals surface area contributed by atoms with E-state index in [-0.39, 0.29) is 12.0 Å². The summed E-state index contributed by atoms with van der Waals surface area (Å²) in [5.41, 5.74) is 3.96. The van der Waals surface area contributed by atoms with Crippen molar-refractivity contribution in [2.45, 2.75) is 45.4 Å². The highest BCUT2D eigenvalue weighted by molar-refractivity contribution is 5.31. The summed E-state index contributed by atoms with van der Waals surface area (Å²) in [6.07, 6.45) is 1.49. The van der Waals surface area contributed by atoms with Gasteiger partial charge >= 0.3 is 0 Å². The predicted molar refractivity (Wildman–Crippen MR) is 140 cm³/mol. The molecule has 0 aliphatic carbocycles. The maximum absolute atomic E-state index is 10.7. The van der Waals surface area contributed by atoms with Crippen LogP contribution in [0.15, 0.2) is 66.9 Å². The highest BCUT2D eigenvalue weighted by atomic mass is 16.5. The molecule has 1 heterocycles. The molecule has 0 saturated heterocycles. The summed E-state index contributed by atoms with van der Waals surface area (Å²) in [7, 11) is 3.33. The molecule has 3 rings (SSSR count). The largest absolute Gasteiger partial charge is 0.497 e. The van der Waals surface area contributed by atoms with Crippen LogP contribution in [0.1, 0.15) is 37.6 Å². The minimum absolute atomic E-state index is 0.150. The van der Waals surface area contributed by atoms with Crippen molar-refractivity contribution in [3.63, 3.8) is 0 Å². The molecule has 2 aromatic carbocycles. The Bertz CT molecular complexity index is 1010. The fourth-order valence-electron chi connectivity index (χ4n) is 3.95. The molecule has 0 bridgehead atoms. The molecule has 0 saturated carbocycles. The molecule has 1 aromatic heterocycles. The Morgan fingerprint density at radius 1 is 0.943 bits per heavy atom. The number of hydrogen-bond donors (Lipinski definition) is 1. The van der Waals surface area contributed by atoms with Crippen LogP contribution >= 0.6 is 0 Å². The van der Waals surface area contributed by atoms with Gasteiger partial charge < -0.3 is 23.9 Å². The highest BCUT2D eigenvalue weighted by Gasteiger charge is 2.16. The molecule has 0 aliphatic heterocycles. The lowest BCUT2D eigenvalue weighted by Crippen LogP contribution is -2.37. The zero-order valence-electron chi connectivity index (χ0n) is 21.7. The van der Waals surface area contributed by atoms with Crippen molar-refractivity contribution in [3.8, 4) is 11.5 Å². The zero-order valence-corrected chi connectivity index (χ0v) is 21.7. The Labute approximate surface area is 210 Å². The number of aliphatic hydroxyl groups is 1. The summed E-state index contributed by atoms with van der Waals surface area (Å²) < 4.78 is 18.5. The van der Waals surface area contributed by atoms with Crippen LogP contribution < -0.4 is 9.47 Å². The van der Waals surface area contributed by atoms with E-state index in [2.05, 4.69) is 72.8 Å². The molecule has 0 fully saturated rings. The highest BCUT2D eigenvalue weighted by Crippen LogP contribution is 2.23. The summed E-state index contributed by atoms with van der Waals surface area (Å²) in [6, 6.07) is 20.5. The molecule has 1 atom stereocenters. The van der Waals surface area contributed by atoms with E-state index in [1.54, 1.807) is 14.2 Å². The van der Waals surface area contributed by atoms with Gasteiger partial charge in [0.1, 0.15) is 24.2 Å². The summed E-state index contributed by atoms with van der Waals surface area (Å²) in [4.78, 5) is 2.21. The fourth-order valence-corrected chi connectivity index (χ4v) is 3.95. The van der Waals surface area contributed by atoms with Crippen LogP contribution in [-0.4, -0.2) is 61.2 Å². The molecule has 6 heteroatoms. The van der Waals surface area contributed by atoms with Gasteiger partial charge in [0.25, 0.3) is 0 Å². The first-order valence-electron chi connectivity index (χ1n) is 12.2. The third-order valence-corrected chi connectivity index (χ3v) is 6.06. The summed E-state index contributed by atoms with van der Waals surface area (Å²) >= 11 is 0. The van der Waals surface area contributed by atoms with E-state index in [1.165, 1.54) is 16.8 Å². The van der Waals surface area contributed by atoms with Crippen molar-refractivity contribution in [1.29, 1.82) is 0 Å². The van der Waals surface area contributed by atoms with Crippen molar-refractivity contribution in [2.24, 2.45) is 0 Å². The minimum atomic E-state index is -0.623. The van der Waals surface area contributed by atoms with Gasteiger partial charge in [-0.3, -0.25) is 4.90 Å². The molecular weight excluding hydrogens is 440 g/mol. The molecular formula is C29H40N2O4. The van der Waals surface area contributed by atoms with Gasteiger partial charge in [-0.15, -0.1) is 0 Å². The average molecular weight is 481 g/mol. The number of rotatable bonds is 13. The zero-order chi connectivity index (χ0) is 25.3. The third kappa shape index (κ3) is 8.42. The molecule has 3 aromatic rings. The normalized spacial score (nSPS) is 12.7. The molecule has 1 unspecified atom stereocenters. The van der Waals surface area contributed by atoms with Crippen LogP contribution in [0, 0.1) is 0 Å². The Balaban J connectivity index is 1.59. The quantitative estimate of drug-likeness (QED) is 0.383. The Hall–Kier alpha value is -2.80. The average Bonchev–Trinajstić information content (AvgIpc) is 3.27. The number of nitrogens with zero attached hydrogens (tertiary/aromatic N) is 2. The minimum Gasteiger partial charge on any atom is -0.497 e. The van der Waals surface area contributed by atoms with E-state index in [1.807, 2.05) is 24.3 Å². The summed E-state index contributed by atoms with van der Waals surface area (Å²) in [5, 5.41) is 10.7. The Morgan fingerprint density at radius 2 is 1.63 bits per heavy atom. The van der Waals surface area contributed by atoms with Gasteiger partial charge in [-0.1, -0.05) is 45.0 Å². The number of aromatic nitrogens is 1. The smallest absolute Gasteiger partial charge is 0.119 e. The van der Waals surface area contributed by atoms with E-state index in [9.17, 15) is 5.11 Å². The van der Waals surface area contributed by atoms with Gasteiger partial charge in [0.05, 0.1) is 13.7 Å². The third-order valence-electron chi connectivity index (χ3n) is 6.06. The number of hydrogen-bond acceptors (Lipinski definition) is 5. The maximum atomic E-state index is 10.7. The first kappa shape index (κ1) is 26.8. The predicted octanol–water partition coefficient (Wildman–Crippen LogP) is 4.73. The van der Waals surface area contributed by atoms with Crippen LogP contribution in [-0.2, 0) is 23.2 Å². The molecule has 1 N–H and O–H groups in total. The van der Waals surface area contributed by atoms with Crippen LogP contribution in [0.2, 0.25) is 0 Å². The first-order chi connectivity index (χ1) is 16.8. The van der Waals surface area contributed by atoms with E-state index in [0.29, 0.717) is 18.9 Å². The second kappa shape index (κ2) is 12.8. The maximum Gasteiger partial charge on any atom is 0.119 e. The van der Waals surface area contributed by atoms with Gasteiger partial charge in [0.2, 0.25) is 0 Å². The Kier molecular flexibility index (Phi) is 9.78. The van der Waals surface area contributed by atoms with E-state index >= 15 is 0 Å². The van der Waals surface area contributed by atoms with Gasteiger partial charge in [-0.05, 0) is 52.9 Å². The lowest BCUT2D eigenvalue weighted by atomic mass is 9.87. The SMILES string of the molecule is COCCN(Cc1cccn1Cc1ccc(C(C)(C)C)cc1)CC(O)COc1ccc(OC)cc1. The molecule has 190 valence electrons. The molecule has 6 nitrogen and oxygen atoms in total. The number of ether oxygens (including phenoxy) is 3. The Morgan fingerprint density at radius 3 is 2.26 bits per heavy atom. The van der Waals surface area contributed by atoms with Crippen molar-refractivity contribution < 1.29 is 19.3 Å². The first-order valence-corrected chi connectivity index (χ1v) is 12.2. The molecule has 0 aliphatic rings. The van der Waals surface area contributed by atoms with Gasteiger partial charge in [-0.25, -0.2) is 0 Å². The van der Waals surface area contributed by atoms with Gasteiger partial charge in [-0.2, -0.15) is 0 Å². The van der Waals surface area contributed by atoms with Crippen molar-refractivity contribution in [2.75, 3.05) is 40.5 Å². The number of methoxy groups -OCH3 is 2. The van der Waals surface area contributed by atoms with Crippen molar-refractivity contribution >= 4 is 0 Å². The van der Waals surface area contributed by atoms with E-state index in [4.69, 9.17) is 14.2 Å². The van der Waals surface area contributed by atoms with E-state index in [0.717, 1.165) is 25.4 Å². The lowest BCUT2D eigenvalue weighted by Gasteiger charge is -2.25. The number of aliphatic hydroxyl groups excluding tert-OH is 1. The van der Waals surface area contributed by atoms with Crippen molar-refractivity contribution in [1.82, 2.24) is 9.47 Å². The molecule has 0 radical (unpaired) electrons. The van der Waals surface area contributed by atoms with Crippen LogP contribution in [0.25, 0.3) is 0 Å². The molecule has 35 heavy (non-hydrogen) atoms. The molecule has 0 spiro atoms. The van der Waals surface area contributed by atoms with Crippen LogP contribution in [0.4, 0.5) is 0 Å². The second-order valence-electron chi connectivity index (χ2n) is 9.94. The van der Waals surface area contributed by atoms with Gasteiger partial charge in [0.15, 0.2) is 0 Å². The van der Waals surface area contributed by atoms with Crippen molar-refractivity contribution in [3.05, 3.63) is 83.7 Å². The molecule has 0 amide bonds. The standard InChI is InChI=1S/C29H40N2O4/c1-29(2,3)24-10-8-23(9-11-24)19-31-16-6-7-25(31)20-30(17-18-33-4)21-26(32)22-35-28-14-12-27(34-5)13-15-28/h6-16,26,32H,17-22H2,1-5H3. The number of benzene rings is 2. The van der Waals surface area contributed by atoms with Crippen LogP contribution in [0.3, 0.4) is 0 Å². The monoisotopic (exact) mass is 480 g/mol. The van der Waals surface area contributed by atoms with Gasteiger partial charge in [0, 0.05) is 45.2 Å².